The molecule has 0 saturated heterocycles. The topological polar surface area (TPSA) is 32.9 Å². The highest BCUT2D eigenvalue weighted by atomic mass is 79.9. The van der Waals surface area contributed by atoms with Crippen LogP contribution in [0.15, 0.2) is 21.4 Å². The molecule has 0 saturated carbocycles. The maximum atomic E-state index is 12.2. The van der Waals surface area contributed by atoms with Crippen molar-refractivity contribution in [2.24, 2.45) is 0 Å². The summed E-state index contributed by atoms with van der Waals surface area (Å²) in [5.41, 5.74) is 4.43. The number of hydrogen-bond acceptors (Lipinski definition) is 1. The fourth-order valence-corrected chi connectivity index (χ4v) is 2.88. The molecule has 0 radical (unpaired) electrons. The molecular weight excluding hydrogens is 266 g/mol. The van der Waals surface area contributed by atoms with Gasteiger partial charge in [0.25, 0.3) is 0 Å². The quantitative estimate of drug-likeness (QED) is 0.789. The zero-order valence-corrected chi connectivity index (χ0v) is 10.6. The van der Waals surface area contributed by atoms with Crippen molar-refractivity contribution in [3.05, 3.63) is 43.6 Å². The van der Waals surface area contributed by atoms with Crippen molar-refractivity contribution in [3.8, 4) is 0 Å². The van der Waals surface area contributed by atoms with Gasteiger partial charge in [-0.25, -0.2) is 0 Å². The zero-order chi connectivity index (χ0) is 11.3. The summed E-state index contributed by atoms with van der Waals surface area (Å²) in [4.78, 5) is 15.7. The molecule has 1 N–H and O–H groups in total. The van der Waals surface area contributed by atoms with Crippen molar-refractivity contribution in [1.29, 1.82) is 0 Å². The Morgan fingerprint density at radius 1 is 1.31 bits per heavy atom. The summed E-state index contributed by atoms with van der Waals surface area (Å²) >= 11 is 3.55. The van der Waals surface area contributed by atoms with Crippen LogP contribution >= 0.6 is 15.9 Å². The highest BCUT2D eigenvalue weighted by molar-refractivity contribution is 9.10. The van der Waals surface area contributed by atoms with Gasteiger partial charge in [0.15, 0.2) is 5.43 Å². The van der Waals surface area contributed by atoms with Crippen LogP contribution in [0.2, 0.25) is 0 Å². The average Bonchev–Trinajstić information content (AvgIpc) is 2.73. The fraction of sp³-hybridized carbons (Fsp3) is 0.308. The average molecular weight is 278 g/mol. The molecule has 1 heterocycles. The van der Waals surface area contributed by atoms with Crippen LogP contribution in [-0.4, -0.2) is 4.98 Å². The largest absolute Gasteiger partial charge is 0.357 e. The standard InChI is InChI=1S/C13H12BrNO/c1-7-5-6-9-12(11(7)14)15-10-4-2-3-8(10)13(9)16/h5-6H,2-4H2,1H3,(H,15,16). The van der Waals surface area contributed by atoms with Gasteiger partial charge in [-0.1, -0.05) is 6.07 Å². The number of aromatic nitrogens is 1. The first-order valence-corrected chi connectivity index (χ1v) is 6.30. The van der Waals surface area contributed by atoms with Crippen LogP contribution < -0.4 is 5.43 Å². The maximum absolute atomic E-state index is 12.2. The second-order valence-corrected chi connectivity index (χ2v) is 5.18. The van der Waals surface area contributed by atoms with Crippen LogP contribution in [0.1, 0.15) is 23.2 Å². The van der Waals surface area contributed by atoms with Crippen LogP contribution in [0.3, 0.4) is 0 Å². The molecule has 0 aliphatic heterocycles. The first-order chi connectivity index (χ1) is 7.68. The summed E-state index contributed by atoms with van der Waals surface area (Å²) in [6.07, 6.45) is 3.01. The van der Waals surface area contributed by atoms with Crippen molar-refractivity contribution in [2.75, 3.05) is 0 Å². The summed E-state index contributed by atoms with van der Waals surface area (Å²) < 4.78 is 1.01. The van der Waals surface area contributed by atoms with E-state index in [-0.39, 0.29) is 5.43 Å². The fourth-order valence-electron chi connectivity index (χ4n) is 2.44. The van der Waals surface area contributed by atoms with E-state index in [9.17, 15) is 4.79 Å². The van der Waals surface area contributed by atoms with E-state index in [4.69, 9.17) is 0 Å². The minimum absolute atomic E-state index is 0.210. The summed E-state index contributed by atoms with van der Waals surface area (Å²) in [7, 11) is 0. The van der Waals surface area contributed by atoms with Crippen LogP contribution in [0.5, 0.6) is 0 Å². The van der Waals surface area contributed by atoms with Crippen LogP contribution in [0.4, 0.5) is 0 Å². The van der Waals surface area contributed by atoms with E-state index < -0.39 is 0 Å². The Morgan fingerprint density at radius 3 is 2.94 bits per heavy atom. The van der Waals surface area contributed by atoms with Crippen molar-refractivity contribution in [1.82, 2.24) is 4.98 Å². The Morgan fingerprint density at radius 2 is 2.12 bits per heavy atom. The lowest BCUT2D eigenvalue weighted by molar-refractivity contribution is 0.900. The van der Waals surface area contributed by atoms with Crippen LogP contribution in [-0.2, 0) is 12.8 Å². The smallest absolute Gasteiger partial charge is 0.192 e. The molecule has 0 unspecified atom stereocenters. The molecule has 2 nitrogen and oxygen atoms in total. The Balaban J connectivity index is 2.51. The first kappa shape index (κ1) is 10.1. The summed E-state index contributed by atoms with van der Waals surface area (Å²) in [5.74, 6) is 0. The number of fused-ring (bicyclic) bond motifs is 2. The summed E-state index contributed by atoms with van der Waals surface area (Å²) in [6.45, 7) is 2.04. The van der Waals surface area contributed by atoms with Crippen LogP contribution in [0, 0.1) is 6.92 Å². The maximum Gasteiger partial charge on any atom is 0.192 e. The SMILES string of the molecule is Cc1ccc2c(=O)c3c([nH]c2c1Br)CCC3. The lowest BCUT2D eigenvalue weighted by Gasteiger charge is -2.07. The Hall–Kier alpha value is -1.09. The van der Waals surface area contributed by atoms with Gasteiger partial charge in [-0.15, -0.1) is 0 Å². The van der Waals surface area contributed by atoms with E-state index in [1.807, 2.05) is 19.1 Å². The van der Waals surface area contributed by atoms with E-state index in [1.165, 1.54) is 0 Å². The van der Waals surface area contributed by atoms with Gasteiger partial charge in [0, 0.05) is 21.1 Å². The molecule has 3 rings (SSSR count). The third-order valence-corrected chi connectivity index (χ3v) is 4.37. The summed E-state index contributed by atoms with van der Waals surface area (Å²) in [5, 5.41) is 0.804. The number of halogens is 1. The number of pyridine rings is 1. The molecule has 1 aliphatic rings. The van der Waals surface area contributed by atoms with Crippen molar-refractivity contribution in [3.63, 3.8) is 0 Å². The van der Waals surface area contributed by atoms with E-state index in [0.29, 0.717) is 0 Å². The molecule has 1 aromatic carbocycles. The molecule has 0 fully saturated rings. The summed E-state index contributed by atoms with van der Waals surface area (Å²) in [6, 6.07) is 3.91. The normalized spacial score (nSPS) is 14.4. The highest BCUT2D eigenvalue weighted by Crippen LogP contribution is 2.27. The molecule has 0 bridgehead atoms. The molecular formula is C13H12BrNO. The van der Waals surface area contributed by atoms with Crippen LogP contribution in [0.25, 0.3) is 10.9 Å². The molecule has 82 valence electrons. The monoisotopic (exact) mass is 277 g/mol. The number of rotatable bonds is 0. The predicted molar refractivity (Wildman–Crippen MR) is 69.0 cm³/mol. The number of aryl methyl sites for hydroxylation is 2. The van der Waals surface area contributed by atoms with E-state index in [0.717, 1.165) is 51.5 Å². The second kappa shape index (κ2) is 3.45. The van der Waals surface area contributed by atoms with E-state index >= 15 is 0 Å². The Bertz CT molecular complexity index is 642. The molecule has 1 aromatic heterocycles. The number of hydrogen-bond donors (Lipinski definition) is 1. The lowest BCUT2D eigenvalue weighted by atomic mass is 10.1. The molecule has 1 aliphatic carbocycles. The van der Waals surface area contributed by atoms with Crippen molar-refractivity contribution in [2.45, 2.75) is 26.2 Å². The number of aromatic amines is 1. The molecule has 0 amide bonds. The molecule has 2 aromatic rings. The minimum Gasteiger partial charge on any atom is -0.357 e. The van der Waals surface area contributed by atoms with Gasteiger partial charge in [-0.2, -0.15) is 0 Å². The third kappa shape index (κ3) is 1.27. The van der Waals surface area contributed by atoms with E-state index in [2.05, 4.69) is 20.9 Å². The Kier molecular flexibility index (Phi) is 2.18. The minimum atomic E-state index is 0.210. The molecule has 0 spiro atoms. The van der Waals surface area contributed by atoms with Gasteiger partial charge in [-0.05, 0) is 53.7 Å². The molecule has 16 heavy (non-hydrogen) atoms. The van der Waals surface area contributed by atoms with E-state index in [1.54, 1.807) is 0 Å². The van der Waals surface area contributed by atoms with Gasteiger partial charge in [0.1, 0.15) is 0 Å². The first-order valence-electron chi connectivity index (χ1n) is 5.51. The van der Waals surface area contributed by atoms with Crippen molar-refractivity contribution >= 4 is 26.8 Å². The third-order valence-electron chi connectivity index (χ3n) is 3.35. The second-order valence-electron chi connectivity index (χ2n) is 4.38. The van der Waals surface area contributed by atoms with Gasteiger partial charge in [-0.3, -0.25) is 4.79 Å². The van der Waals surface area contributed by atoms with Gasteiger partial charge >= 0.3 is 0 Å². The number of H-pyrrole nitrogens is 1. The number of nitrogens with one attached hydrogen (secondary N) is 1. The predicted octanol–water partition coefficient (Wildman–Crippen LogP) is 3.09. The van der Waals surface area contributed by atoms with Gasteiger partial charge in [0.05, 0.1) is 5.52 Å². The molecule has 0 atom stereocenters. The van der Waals surface area contributed by atoms with Gasteiger partial charge < -0.3 is 4.98 Å². The molecule has 3 heteroatoms. The number of benzene rings is 1. The van der Waals surface area contributed by atoms with Gasteiger partial charge in [0.2, 0.25) is 0 Å². The zero-order valence-electron chi connectivity index (χ0n) is 9.06. The highest BCUT2D eigenvalue weighted by Gasteiger charge is 2.18. The van der Waals surface area contributed by atoms with Crippen molar-refractivity contribution < 1.29 is 0 Å². The lowest BCUT2D eigenvalue weighted by Crippen LogP contribution is -2.10. The Labute approximate surface area is 102 Å².